The molecule has 2 aromatic rings. The Kier molecular flexibility index (Phi) is 2.90. The maximum Gasteiger partial charge on any atom is 0.106 e. The van der Waals surface area contributed by atoms with E-state index in [-0.39, 0.29) is 6.10 Å². The summed E-state index contributed by atoms with van der Waals surface area (Å²) in [6.45, 7) is 0. The molecule has 1 aliphatic rings. The summed E-state index contributed by atoms with van der Waals surface area (Å²) >= 11 is 0. The SMILES string of the molecule is c1ccc([C@H]2C[C@H](c3ccccc3)ON2)cc1. The second-order valence-electron chi connectivity index (χ2n) is 4.33. The summed E-state index contributed by atoms with van der Waals surface area (Å²) in [5.41, 5.74) is 5.64. The van der Waals surface area contributed by atoms with E-state index in [0.29, 0.717) is 6.04 Å². The summed E-state index contributed by atoms with van der Waals surface area (Å²) in [6.07, 6.45) is 1.13. The van der Waals surface area contributed by atoms with Gasteiger partial charge in [-0.05, 0) is 11.1 Å². The number of hydrogen-bond acceptors (Lipinski definition) is 2. The molecule has 1 fully saturated rings. The van der Waals surface area contributed by atoms with Crippen LogP contribution in [-0.4, -0.2) is 0 Å². The van der Waals surface area contributed by atoms with Gasteiger partial charge in [-0.1, -0.05) is 60.7 Å². The van der Waals surface area contributed by atoms with Crippen LogP contribution in [0.2, 0.25) is 0 Å². The minimum absolute atomic E-state index is 0.154. The topological polar surface area (TPSA) is 21.3 Å². The predicted octanol–water partition coefficient (Wildman–Crippen LogP) is 3.39. The Balaban J connectivity index is 1.75. The van der Waals surface area contributed by atoms with Gasteiger partial charge in [-0.25, -0.2) is 0 Å². The van der Waals surface area contributed by atoms with Crippen LogP contribution in [0.5, 0.6) is 0 Å². The van der Waals surface area contributed by atoms with E-state index in [1.54, 1.807) is 0 Å². The molecule has 3 rings (SSSR count). The molecule has 0 spiro atoms. The van der Waals surface area contributed by atoms with Crippen molar-refractivity contribution in [2.24, 2.45) is 0 Å². The van der Waals surface area contributed by atoms with Gasteiger partial charge in [0.15, 0.2) is 0 Å². The first-order chi connectivity index (χ1) is 8.43. The van der Waals surface area contributed by atoms with Crippen LogP contribution in [0.1, 0.15) is 29.7 Å². The second-order valence-corrected chi connectivity index (χ2v) is 4.33. The highest BCUT2D eigenvalue weighted by atomic mass is 16.7. The first-order valence-electron chi connectivity index (χ1n) is 5.94. The molecule has 0 radical (unpaired) electrons. The molecule has 0 aliphatic carbocycles. The van der Waals surface area contributed by atoms with Crippen molar-refractivity contribution in [2.45, 2.75) is 18.6 Å². The molecule has 1 aliphatic heterocycles. The Bertz CT molecular complexity index is 423. The molecule has 2 aromatic carbocycles. The average molecular weight is 225 g/mol. The van der Waals surface area contributed by atoms with Crippen LogP contribution in [0, 0.1) is 0 Å². The summed E-state index contributed by atoms with van der Waals surface area (Å²) in [5, 5.41) is 0. The molecule has 17 heavy (non-hydrogen) atoms. The van der Waals surface area contributed by atoms with Gasteiger partial charge in [0.05, 0.1) is 6.04 Å². The largest absolute Gasteiger partial charge is 0.293 e. The smallest absolute Gasteiger partial charge is 0.106 e. The highest BCUT2D eigenvalue weighted by molar-refractivity contribution is 5.23. The summed E-state index contributed by atoms with van der Waals surface area (Å²) in [7, 11) is 0. The summed E-state index contributed by atoms with van der Waals surface area (Å²) in [6, 6.07) is 21.1. The quantitative estimate of drug-likeness (QED) is 0.845. The average Bonchev–Trinajstić information content (AvgIpc) is 2.90. The molecule has 0 amide bonds. The van der Waals surface area contributed by atoms with Crippen LogP contribution in [0.15, 0.2) is 60.7 Å². The van der Waals surface area contributed by atoms with Gasteiger partial charge in [-0.15, -0.1) is 0 Å². The van der Waals surface area contributed by atoms with E-state index in [1.807, 2.05) is 12.1 Å². The Labute approximate surface area is 101 Å². The van der Waals surface area contributed by atoms with E-state index in [2.05, 4.69) is 54.0 Å². The fraction of sp³-hybridized carbons (Fsp3) is 0.200. The highest BCUT2D eigenvalue weighted by Gasteiger charge is 2.27. The first kappa shape index (κ1) is 10.5. The lowest BCUT2D eigenvalue weighted by atomic mass is 9.99. The van der Waals surface area contributed by atoms with Gasteiger partial charge in [0, 0.05) is 6.42 Å². The Morgan fingerprint density at radius 3 is 2.06 bits per heavy atom. The van der Waals surface area contributed by atoms with Gasteiger partial charge < -0.3 is 0 Å². The summed E-state index contributed by atoms with van der Waals surface area (Å²) < 4.78 is 0. The molecule has 1 heterocycles. The maximum absolute atomic E-state index is 5.66. The fourth-order valence-electron chi connectivity index (χ4n) is 2.24. The summed E-state index contributed by atoms with van der Waals surface area (Å²) in [5.74, 6) is 0. The van der Waals surface area contributed by atoms with Gasteiger partial charge in [0.25, 0.3) is 0 Å². The van der Waals surface area contributed by atoms with Gasteiger partial charge >= 0.3 is 0 Å². The molecule has 0 saturated carbocycles. The van der Waals surface area contributed by atoms with Gasteiger partial charge in [-0.2, -0.15) is 5.48 Å². The summed E-state index contributed by atoms with van der Waals surface area (Å²) in [4.78, 5) is 5.66. The van der Waals surface area contributed by atoms with E-state index in [4.69, 9.17) is 4.84 Å². The number of benzene rings is 2. The van der Waals surface area contributed by atoms with Crippen LogP contribution in [-0.2, 0) is 4.84 Å². The van der Waals surface area contributed by atoms with Crippen molar-refractivity contribution < 1.29 is 4.84 Å². The third-order valence-corrected chi connectivity index (χ3v) is 3.18. The van der Waals surface area contributed by atoms with Crippen molar-refractivity contribution in [3.05, 3.63) is 71.8 Å². The Morgan fingerprint density at radius 1 is 0.824 bits per heavy atom. The van der Waals surface area contributed by atoms with E-state index < -0.39 is 0 Å². The monoisotopic (exact) mass is 225 g/mol. The molecule has 0 aromatic heterocycles. The minimum Gasteiger partial charge on any atom is -0.293 e. The van der Waals surface area contributed by atoms with E-state index in [0.717, 1.165) is 6.42 Å². The molecular formula is C15H15NO. The lowest BCUT2D eigenvalue weighted by molar-refractivity contribution is 0.0255. The third kappa shape index (κ3) is 2.23. The Morgan fingerprint density at radius 2 is 1.41 bits per heavy atom. The number of nitrogens with one attached hydrogen (secondary N) is 1. The number of hydrogen-bond donors (Lipinski definition) is 1. The van der Waals surface area contributed by atoms with Gasteiger partial charge in [0.1, 0.15) is 6.10 Å². The molecule has 0 bridgehead atoms. The predicted molar refractivity (Wildman–Crippen MR) is 67.2 cm³/mol. The molecule has 86 valence electrons. The molecule has 1 saturated heterocycles. The maximum atomic E-state index is 5.66. The van der Waals surface area contributed by atoms with Crippen molar-refractivity contribution in [1.29, 1.82) is 0 Å². The fourth-order valence-corrected chi connectivity index (χ4v) is 2.24. The molecule has 1 N–H and O–H groups in total. The van der Waals surface area contributed by atoms with Crippen molar-refractivity contribution in [2.75, 3.05) is 0 Å². The zero-order chi connectivity index (χ0) is 11.5. The van der Waals surface area contributed by atoms with Crippen LogP contribution in [0.25, 0.3) is 0 Å². The third-order valence-electron chi connectivity index (χ3n) is 3.18. The zero-order valence-electron chi connectivity index (χ0n) is 9.54. The number of rotatable bonds is 2. The zero-order valence-corrected chi connectivity index (χ0v) is 9.54. The van der Waals surface area contributed by atoms with Gasteiger partial charge in [0.2, 0.25) is 0 Å². The Hall–Kier alpha value is -1.64. The van der Waals surface area contributed by atoms with E-state index >= 15 is 0 Å². The molecular weight excluding hydrogens is 210 g/mol. The van der Waals surface area contributed by atoms with E-state index in [1.165, 1.54) is 11.1 Å². The molecule has 0 unspecified atom stereocenters. The lowest BCUT2D eigenvalue weighted by Gasteiger charge is -2.08. The number of hydroxylamine groups is 1. The molecule has 2 nitrogen and oxygen atoms in total. The highest BCUT2D eigenvalue weighted by Crippen LogP contribution is 2.34. The van der Waals surface area contributed by atoms with Gasteiger partial charge in [-0.3, -0.25) is 4.84 Å². The second kappa shape index (κ2) is 4.70. The van der Waals surface area contributed by atoms with Crippen molar-refractivity contribution in [1.82, 2.24) is 5.48 Å². The normalized spacial score (nSPS) is 23.8. The van der Waals surface area contributed by atoms with Crippen molar-refractivity contribution >= 4 is 0 Å². The standard InChI is InChI=1S/C15H15NO/c1-3-7-12(8-4-1)14-11-15(17-16-14)13-9-5-2-6-10-13/h1-10,14-16H,11H2/t14-,15-/m1/s1. The van der Waals surface area contributed by atoms with Crippen LogP contribution < -0.4 is 5.48 Å². The van der Waals surface area contributed by atoms with E-state index in [9.17, 15) is 0 Å². The van der Waals surface area contributed by atoms with Crippen molar-refractivity contribution in [3.8, 4) is 0 Å². The molecule has 2 heteroatoms. The van der Waals surface area contributed by atoms with Crippen LogP contribution >= 0.6 is 0 Å². The molecule has 2 atom stereocenters. The lowest BCUT2D eigenvalue weighted by Crippen LogP contribution is -2.11. The van der Waals surface area contributed by atoms with Crippen LogP contribution in [0.4, 0.5) is 0 Å². The van der Waals surface area contributed by atoms with Crippen LogP contribution in [0.3, 0.4) is 0 Å². The van der Waals surface area contributed by atoms with Crippen molar-refractivity contribution in [3.63, 3.8) is 0 Å². The minimum atomic E-state index is 0.154. The first-order valence-corrected chi connectivity index (χ1v) is 5.94.